The number of nitrogens with zero attached hydrogens (tertiary/aromatic N) is 1. The number of aliphatic hydroxyl groups excluding tert-OH is 1. The summed E-state index contributed by atoms with van der Waals surface area (Å²) in [5, 5.41) is 10.0. The highest BCUT2D eigenvalue weighted by Gasteiger charge is 2.33. The quantitative estimate of drug-likeness (QED) is 0.751. The molecule has 2 saturated carbocycles. The lowest BCUT2D eigenvalue weighted by Gasteiger charge is -2.22. The third-order valence-electron chi connectivity index (χ3n) is 4.42. The van der Waals surface area contributed by atoms with Gasteiger partial charge in [-0.1, -0.05) is 32.6 Å². The minimum atomic E-state index is -0.0952. The molecule has 2 aliphatic carbocycles. The number of hydrogen-bond donors (Lipinski definition) is 1. The first-order valence-electron chi connectivity index (χ1n) is 7.01. The third kappa shape index (κ3) is 3.74. The molecule has 2 fully saturated rings. The number of aliphatic hydroxyl groups is 1. The van der Waals surface area contributed by atoms with Crippen LogP contribution in [0.4, 0.5) is 0 Å². The molecule has 2 heteroatoms. The topological polar surface area (TPSA) is 23.5 Å². The molecular weight excluding hydrogens is 198 g/mol. The maximum absolute atomic E-state index is 10.0. The predicted octanol–water partition coefficient (Wildman–Crippen LogP) is 2.52. The average molecular weight is 225 g/mol. The predicted molar refractivity (Wildman–Crippen MR) is 67.3 cm³/mol. The van der Waals surface area contributed by atoms with Crippen LogP contribution in [0.25, 0.3) is 0 Å². The van der Waals surface area contributed by atoms with Crippen LogP contribution < -0.4 is 0 Å². The summed E-state index contributed by atoms with van der Waals surface area (Å²) in [4.78, 5) is 2.33. The summed E-state index contributed by atoms with van der Waals surface area (Å²) in [6, 6.07) is 0. The molecule has 0 spiro atoms. The monoisotopic (exact) mass is 225 g/mol. The van der Waals surface area contributed by atoms with Gasteiger partial charge in [-0.25, -0.2) is 0 Å². The Morgan fingerprint density at radius 2 is 1.94 bits per heavy atom. The molecule has 94 valence electrons. The Morgan fingerprint density at radius 3 is 2.50 bits per heavy atom. The number of hydrogen-bond acceptors (Lipinski definition) is 2. The van der Waals surface area contributed by atoms with Crippen LogP contribution in [0, 0.1) is 17.8 Å². The second-order valence-electron chi connectivity index (χ2n) is 6.23. The van der Waals surface area contributed by atoms with E-state index in [1.165, 1.54) is 38.6 Å². The fourth-order valence-corrected chi connectivity index (χ4v) is 3.19. The fraction of sp³-hybridized carbons (Fsp3) is 1.00. The summed E-state index contributed by atoms with van der Waals surface area (Å²) < 4.78 is 0. The molecule has 0 bridgehead atoms. The molecule has 3 unspecified atom stereocenters. The summed E-state index contributed by atoms with van der Waals surface area (Å²) in [5.74, 6) is 2.64. The van der Waals surface area contributed by atoms with Crippen LogP contribution in [-0.4, -0.2) is 36.2 Å². The molecule has 3 atom stereocenters. The Bertz CT molecular complexity index is 213. The SMILES string of the molecule is CC1CC1CN(C)CC(O)CC1CCCC1. The smallest absolute Gasteiger partial charge is 0.0669 e. The van der Waals surface area contributed by atoms with Crippen LogP contribution in [0.1, 0.15) is 45.4 Å². The molecule has 2 rings (SSSR count). The van der Waals surface area contributed by atoms with Crippen molar-refractivity contribution in [3.05, 3.63) is 0 Å². The van der Waals surface area contributed by atoms with Gasteiger partial charge >= 0.3 is 0 Å². The molecule has 0 aromatic heterocycles. The third-order valence-corrected chi connectivity index (χ3v) is 4.42. The standard InChI is InChI=1S/C14H27NO/c1-11-7-13(11)9-15(2)10-14(16)8-12-5-3-4-6-12/h11-14,16H,3-10H2,1-2H3. The highest BCUT2D eigenvalue weighted by Crippen LogP contribution is 2.38. The Kier molecular flexibility index (Phi) is 4.26. The van der Waals surface area contributed by atoms with Crippen LogP contribution in [0.2, 0.25) is 0 Å². The maximum atomic E-state index is 10.0. The molecule has 0 aromatic carbocycles. The van der Waals surface area contributed by atoms with Gasteiger partial charge in [0.15, 0.2) is 0 Å². The van der Waals surface area contributed by atoms with E-state index < -0.39 is 0 Å². The Balaban J connectivity index is 1.59. The van der Waals surface area contributed by atoms with Crippen molar-refractivity contribution < 1.29 is 5.11 Å². The van der Waals surface area contributed by atoms with E-state index in [9.17, 15) is 5.11 Å². The summed E-state index contributed by atoms with van der Waals surface area (Å²) in [6.45, 7) is 4.38. The van der Waals surface area contributed by atoms with E-state index in [4.69, 9.17) is 0 Å². The molecule has 0 saturated heterocycles. The minimum Gasteiger partial charge on any atom is -0.392 e. The van der Waals surface area contributed by atoms with Crippen molar-refractivity contribution in [1.29, 1.82) is 0 Å². The van der Waals surface area contributed by atoms with Gasteiger partial charge in [0.1, 0.15) is 0 Å². The lowest BCUT2D eigenvalue weighted by atomic mass is 10.00. The molecule has 1 N–H and O–H groups in total. The van der Waals surface area contributed by atoms with Crippen LogP contribution in [0.15, 0.2) is 0 Å². The first-order valence-corrected chi connectivity index (χ1v) is 7.01. The Morgan fingerprint density at radius 1 is 1.31 bits per heavy atom. The maximum Gasteiger partial charge on any atom is 0.0669 e. The summed E-state index contributed by atoms with van der Waals surface area (Å²) >= 11 is 0. The lowest BCUT2D eigenvalue weighted by molar-refractivity contribution is 0.0997. The second kappa shape index (κ2) is 5.50. The van der Waals surface area contributed by atoms with Crippen LogP contribution >= 0.6 is 0 Å². The highest BCUT2D eigenvalue weighted by molar-refractivity contribution is 4.85. The number of rotatable bonds is 6. The van der Waals surface area contributed by atoms with Gasteiger partial charge in [0, 0.05) is 13.1 Å². The van der Waals surface area contributed by atoms with Crippen molar-refractivity contribution in [3.63, 3.8) is 0 Å². The minimum absolute atomic E-state index is 0.0952. The first kappa shape index (κ1) is 12.4. The van der Waals surface area contributed by atoms with Crippen molar-refractivity contribution in [2.75, 3.05) is 20.1 Å². The van der Waals surface area contributed by atoms with Crippen LogP contribution in [0.5, 0.6) is 0 Å². The second-order valence-corrected chi connectivity index (χ2v) is 6.23. The molecule has 0 heterocycles. The van der Waals surface area contributed by atoms with Gasteiger partial charge < -0.3 is 10.0 Å². The molecule has 0 aromatic rings. The van der Waals surface area contributed by atoms with E-state index in [2.05, 4.69) is 18.9 Å². The largest absolute Gasteiger partial charge is 0.392 e. The molecule has 0 amide bonds. The van der Waals surface area contributed by atoms with E-state index in [-0.39, 0.29) is 6.10 Å². The molecule has 2 nitrogen and oxygen atoms in total. The Hall–Kier alpha value is -0.0800. The zero-order valence-electron chi connectivity index (χ0n) is 10.9. The van der Waals surface area contributed by atoms with Gasteiger partial charge in [0.05, 0.1) is 6.10 Å². The van der Waals surface area contributed by atoms with E-state index in [0.29, 0.717) is 0 Å². The summed E-state index contributed by atoms with van der Waals surface area (Å²) in [6.07, 6.45) is 7.79. The average Bonchev–Trinajstić information content (AvgIpc) is 2.70. The van der Waals surface area contributed by atoms with E-state index in [0.717, 1.165) is 30.7 Å². The zero-order chi connectivity index (χ0) is 11.5. The molecule has 0 aliphatic heterocycles. The van der Waals surface area contributed by atoms with Crippen molar-refractivity contribution in [2.45, 2.75) is 51.6 Å². The number of likely N-dealkylation sites (N-methyl/N-ethyl adjacent to an activating group) is 1. The summed E-state index contributed by atoms with van der Waals surface area (Å²) in [7, 11) is 2.16. The van der Waals surface area contributed by atoms with Gasteiger partial charge in [-0.2, -0.15) is 0 Å². The van der Waals surface area contributed by atoms with E-state index in [1.807, 2.05) is 0 Å². The van der Waals surface area contributed by atoms with Crippen LogP contribution in [-0.2, 0) is 0 Å². The van der Waals surface area contributed by atoms with Crippen molar-refractivity contribution >= 4 is 0 Å². The normalized spacial score (nSPS) is 32.2. The van der Waals surface area contributed by atoms with E-state index >= 15 is 0 Å². The van der Waals surface area contributed by atoms with Crippen molar-refractivity contribution in [3.8, 4) is 0 Å². The molecule has 16 heavy (non-hydrogen) atoms. The van der Waals surface area contributed by atoms with Gasteiger partial charge in [-0.3, -0.25) is 0 Å². The van der Waals surface area contributed by atoms with Gasteiger partial charge in [0.2, 0.25) is 0 Å². The van der Waals surface area contributed by atoms with Crippen LogP contribution in [0.3, 0.4) is 0 Å². The van der Waals surface area contributed by atoms with Gasteiger partial charge in [0.25, 0.3) is 0 Å². The molecule has 2 aliphatic rings. The summed E-state index contributed by atoms with van der Waals surface area (Å²) in [5.41, 5.74) is 0. The van der Waals surface area contributed by atoms with E-state index in [1.54, 1.807) is 0 Å². The lowest BCUT2D eigenvalue weighted by Crippen LogP contribution is -2.32. The Labute approximate surface area is 100 Å². The first-order chi connectivity index (χ1) is 7.65. The van der Waals surface area contributed by atoms with Crippen molar-refractivity contribution in [2.24, 2.45) is 17.8 Å². The van der Waals surface area contributed by atoms with Crippen molar-refractivity contribution in [1.82, 2.24) is 4.90 Å². The van der Waals surface area contributed by atoms with Gasteiger partial charge in [-0.15, -0.1) is 0 Å². The van der Waals surface area contributed by atoms with Gasteiger partial charge in [-0.05, 0) is 37.6 Å². The highest BCUT2D eigenvalue weighted by atomic mass is 16.3. The molecule has 0 radical (unpaired) electrons. The molecular formula is C14H27NO. The zero-order valence-corrected chi connectivity index (χ0v) is 10.9. The fourth-order valence-electron chi connectivity index (χ4n) is 3.19.